The lowest BCUT2D eigenvalue weighted by molar-refractivity contribution is -0.113. The molecule has 0 fully saturated rings. The highest BCUT2D eigenvalue weighted by atomic mass is 32.2. The van der Waals surface area contributed by atoms with Crippen LogP contribution in [-0.2, 0) is 4.79 Å². The zero-order valence-electron chi connectivity index (χ0n) is 15.6. The van der Waals surface area contributed by atoms with Gasteiger partial charge in [0.1, 0.15) is 17.3 Å². The summed E-state index contributed by atoms with van der Waals surface area (Å²) >= 11 is 1.23. The topological polar surface area (TPSA) is 92.8 Å². The highest BCUT2D eigenvalue weighted by molar-refractivity contribution is 7.99. The van der Waals surface area contributed by atoms with Crippen LogP contribution in [0.3, 0.4) is 0 Å². The van der Waals surface area contributed by atoms with Gasteiger partial charge < -0.3 is 10.1 Å². The lowest BCUT2D eigenvalue weighted by Crippen LogP contribution is -2.14. The van der Waals surface area contributed by atoms with Crippen molar-refractivity contribution in [2.24, 2.45) is 0 Å². The second-order valence-corrected chi connectivity index (χ2v) is 7.07. The number of anilines is 1. The number of rotatable bonds is 7. The lowest BCUT2D eigenvalue weighted by atomic mass is 10.3. The summed E-state index contributed by atoms with van der Waals surface area (Å²) in [5, 5.41) is 10.2. The summed E-state index contributed by atoms with van der Waals surface area (Å²) in [6, 6.07) is 16.3. The number of hydrogen-bond acceptors (Lipinski definition) is 6. The van der Waals surface area contributed by atoms with Crippen LogP contribution in [0.1, 0.15) is 0 Å². The molecule has 1 amide bonds. The van der Waals surface area contributed by atoms with Gasteiger partial charge in [-0.2, -0.15) is 0 Å². The first-order chi connectivity index (χ1) is 14.7. The standard InChI is InChI=1S/C21H16FN5O2S/c22-15-3-7-17(8-4-15)29-18-9-5-16(6-10-18)24-19(28)13-30-21-25-20(26-27-21)14-2-1-11-23-12-14/h1-12H,13H2,(H,24,28)(H,25,26,27). The van der Waals surface area contributed by atoms with Crippen LogP contribution in [0.25, 0.3) is 11.4 Å². The largest absolute Gasteiger partial charge is 0.457 e. The number of pyridine rings is 1. The van der Waals surface area contributed by atoms with E-state index < -0.39 is 0 Å². The third-order valence-corrected chi connectivity index (χ3v) is 4.77. The summed E-state index contributed by atoms with van der Waals surface area (Å²) < 4.78 is 18.6. The highest BCUT2D eigenvalue weighted by Crippen LogP contribution is 2.23. The van der Waals surface area contributed by atoms with Gasteiger partial charge in [-0.25, -0.2) is 9.37 Å². The first kappa shape index (κ1) is 19.6. The second-order valence-electron chi connectivity index (χ2n) is 6.13. The quantitative estimate of drug-likeness (QED) is 0.426. The number of hydrogen-bond donors (Lipinski definition) is 2. The van der Waals surface area contributed by atoms with E-state index in [1.807, 2.05) is 12.1 Å². The molecule has 30 heavy (non-hydrogen) atoms. The molecule has 0 unspecified atom stereocenters. The maximum Gasteiger partial charge on any atom is 0.234 e. The number of nitrogens with one attached hydrogen (secondary N) is 2. The molecule has 0 aliphatic carbocycles. The van der Waals surface area contributed by atoms with Crippen molar-refractivity contribution in [1.82, 2.24) is 20.2 Å². The number of carbonyl (C=O) groups excluding carboxylic acids is 1. The lowest BCUT2D eigenvalue weighted by Gasteiger charge is -2.08. The predicted octanol–water partition coefficient (Wildman–Crippen LogP) is 4.53. The van der Waals surface area contributed by atoms with Crippen molar-refractivity contribution in [3.63, 3.8) is 0 Å². The molecule has 7 nitrogen and oxygen atoms in total. The zero-order chi connectivity index (χ0) is 20.8. The Morgan fingerprint density at radius 1 is 1.07 bits per heavy atom. The first-order valence-electron chi connectivity index (χ1n) is 8.95. The normalized spacial score (nSPS) is 10.6. The van der Waals surface area contributed by atoms with Gasteiger partial charge >= 0.3 is 0 Å². The monoisotopic (exact) mass is 421 g/mol. The van der Waals surface area contributed by atoms with E-state index in [-0.39, 0.29) is 17.5 Å². The van der Waals surface area contributed by atoms with Crippen molar-refractivity contribution in [3.8, 4) is 22.9 Å². The second kappa shape index (κ2) is 9.19. The predicted molar refractivity (Wildman–Crippen MR) is 112 cm³/mol. The average molecular weight is 421 g/mol. The van der Waals surface area contributed by atoms with Gasteiger partial charge in [-0.05, 0) is 60.7 Å². The smallest absolute Gasteiger partial charge is 0.234 e. The van der Waals surface area contributed by atoms with Crippen LogP contribution in [-0.4, -0.2) is 31.8 Å². The Morgan fingerprint density at radius 3 is 2.50 bits per heavy atom. The minimum atomic E-state index is -0.323. The van der Waals surface area contributed by atoms with Crippen LogP contribution in [0.4, 0.5) is 10.1 Å². The summed E-state index contributed by atoms with van der Waals surface area (Å²) in [5.41, 5.74) is 1.46. The maximum absolute atomic E-state index is 12.9. The van der Waals surface area contributed by atoms with Crippen molar-refractivity contribution in [1.29, 1.82) is 0 Å². The Labute approximate surface area is 175 Å². The van der Waals surface area contributed by atoms with Gasteiger partial charge in [0.25, 0.3) is 0 Å². The third-order valence-electron chi connectivity index (χ3n) is 3.92. The molecule has 0 saturated heterocycles. The molecule has 0 atom stereocenters. The van der Waals surface area contributed by atoms with Crippen molar-refractivity contribution < 1.29 is 13.9 Å². The molecule has 2 aromatic carbocycles. The van der Waals surface area contributed by atoms with Crippen molar-refractivity contribution in [3.05, 3.63) is 78.9 Å². The molecule has 0 aliphatic heterocycles. The van der Waals surface area contributed by atoms with Crippen molar-refractivity contribution in [2.75, 3.05) is 11.1 Å². The average Bonchev–Trinajstić information content (AvgIpc) is 3.25. The van der Waals surface area contributed by atoms with Gasteiger partial charge in [0, 0.05) is 23.6 Å². The van der Waals surface area contributed by atoms with Gasteiger partial charge in [0.2, 0.25) is 11.1 Å². The third kappa shape index (κ3) is 5.21. The Morgan fingerprint density at radius 2 is 1.80 bits per heavy atom. The van der Waals surface area contributed by atoms with Crippen LogP contribution >= 0.6 is 11.8 Å². The zero-order valence-corrected chi connectivity index (χ0v) is 16.4. The first-order valence-corrected chi connectivity index (χ1v) is 9.93. The van der Waals surface area contributed by atoms with Gasteiger partial charge in [-0.1, -0.05) is 11.8 Å². The van der Waals surface area contributed by atoms with Gasteiger partial charge in [-0.3, -0.25) is 14.9 Å². The summed E-state index contributed by atoms with van der Waals surface area (Å²) in [6.07, 6.45) is 3.37. The molecular weight excluding hydrogens is 405 g/mol. The SMILES string of the molecule is O=C(CSc1n[nH]c(-c2cccnc2)n1)Nc1ccc(Oc2ccc(F)cc2)cc1. The molecule has 0 saturated carbocycles. The molecule has 0 radical (unpaired) electrons. The fourth-order valence-electron chi connectivity index (χ4n) is 2.52. The van der Waals surface area contributed by atoms with E-state index >= 15 is 0 Å². The van der Waals surface area contributed by atoms with Crippen molar-refractivity contribution in [2.45, 2.75) is 5.16 Å². The van der Waals surface area contributed by atoms with E-state index in [4.69, 9.17) is 4.74 Å². The van der Waals surface area contributed by atoms with E-state index in [1.165, 1.54) is 23.9 Å². The minimum absolute atomic E-state index is 0.165. The number of carbonyl (C=O) groups is 1. The number of halogens is 1. The van der Waals surface area contributed by atoms with Gasteiger partial charge in [0.05, 0.1) is 5.75 Å². The Balaban J connectivity index is 1.28. The minimum Gasteiger partial charge on any atom is -0.457 e. The fraction of sp³-hybridized carbons (Fsp3) is 0.0476. The molecule has 0 spiro atoms. The highest BCUT2D eigenvalue weighted by Gasteiger charge is 2.09. The van der Waals surface area contributed by atoms with Crippen molar-refractivity contribution >= 4 is 23.4 Å². The number of aromatic nitrogens is 4. The molecule has 4 rings (SSSR count). The number of thioether (sulfide) groups is 1. The molecule has 0 aliphatic rings. The summed E-state index contributed by atoms with van der Waals surface area (Å²) in [6.45, 7) is 0. The number of nitrogens with zero attached hydrogens (tertiary/aromatic N) is 3. The summed E-state index contributed by atoms with van der Waals surface area (Å²) in [4.78, 5) is 20.6. The molecule has 150 valence electrons. The van der Waals surface area contributed by atoms with E-state index in [9.17, 15) is 9.18 Å². The number of H-pyrrole nitrogens is 1. The number of aromatic amines is 1. The van der Waals surface area contributed by atoms with Crippen LogP contribution in [0.2, 0.25) is 0 Å². The van der Waals surface area contributed by atoms with Crippen LogP contribution in [0, 0.1) is 5.82 Å². The number of amides is 1. The fourth-order valence-corrected chi connectivity index (χ4v) is 3.11. The van der Waals surface area contributed by atoms with Gasteiger partial charge in [0.15, 0.2) is 5.82 Å². The molecular formula is C21H16FN5O2S. The molecule has 2 N–H and O–H groups in total. The summed E-state index contributed by atoms with van der Waals surface area (Å²) in [5.74, 6) is 1.37. The van der Waals surface area contributed by atoms with Crippen LogP contribution in [0.15, 0.2) is 78.2 Å². The Kier molecular flexibility index (Phi) is 6.00. The number of ether oxygens (including phenoxy) is 1. The molecule has 9 heteroatoms. The summed E-state index contributed by atoms with van der Waals surface area (Å²) in [7, 11) is 0. The molecule has 2 aromatic heterocycles. The maximum atomic E-state index is 12.9. The molecule has 2 heterocycles. The van der Waals surface area contributed by atoms with E-state index in [0.29, 0.717) is 28.2 Å². The van der Waals surface area contributed by atoms with Gasteiger partial charge in [-0.15, -0.1) is 5.10 Å². The molecule has 4 aromatic rings. The van der Waals surface area contributed by atoms with Crippen LogP contribution in [0.5, 0.6) is 11.5 Å². The van der Waals surface area contributed by atoms with E-state index in [2.05, 4.69) is 25.5 Å². The van der Waals surface area contributed by atoms with Crippen LogP contribution < -0.4 is 10.1 Å². The number of benzene rings is 2. The Bertz CT molecular complexity index is 1120. The molecule has 0 bridgehead atoms. The van der Waals surface area contributed by atoms with E-state index in [1.54, 1.807) is 48.8 Å². The Hall–Kier alpha value is -3.72. The van der Waals surface area contributed by atoms with E-state index in [0.717, 1.165) is 5.56 Å².